The highest BCUT2D eigenvalue weighted by Crippen LogP contribution is 2.49. The molecule has 144 valence electrons. The van der Waals surface area contributed by atoms with Crippen molar-refractivity contribution in [3.8, 4) is 11.3 Å². The summed E-state index contributed by atoms with van der Waals surface area (Å²) in [5.74, 6) is 2.29. The first-order valence-corrected chi connectivity index (χ1v) is 10.3. The van der Waals surface area contributed by atoms with Crippen LogP contribution in [0.4, 0.5) is 0 Å². The van der Waals surface area contributed by atoms with Crippen LogP contribution in [0.25, 0.3) is 22.2 Å². The van der Waals surface area contributed by atoms with E-state index in [9.17, 15) is 4.79 Å². The number of fused-ring (bicyclic) bond motifs is 3. The molecule has 5 rings (SSSR count). The second kappa shape index (κ2) is 6.73. The normalized spacial score (nSPS) is 24.6. The summed E-state index contributed by atoms with van der Waals surface area (Å²) in [6, 6.07) is 9.97. The van der Waals surface area contributed by atoms with Gasteiger partial charge in [0.15, 0.2) is 0 Å². The first-order chi connectivity index (χ1) is 13.6. The van der Waals surface area contributed by atoms with Crippen LogP contribution in [0.15, 0.2) is 42.7 Å². The average molecular weight is 374 g/mol. The van der Waals surface area contributed by atoms with Crippen molar-refractivity contribution in [3.63, 3.8) is 0 Å². The summed E-state index contributed by atoms with van der Waals surface area (Å²) in [5.41, 5.74) is 3.23. The minimum atomic E-state index is -0.000913. The zero-order chi connectivity index (χ0) is 19.3. The lowest BCUT2D eigenvalue weighted by molar-refractivity contribution is 0.0917. The maximum Gasteiger partial charge on any atom is 0.252 e. The molecule has 2 bridgehead atoms. The van der Waals surface area contributed by atoms with Crippen LogP contribution in [0.2, 0.25) is 0 Å². The fourth-order valence-corrected chi connectivity index (χ4v) is 5.36. The molecule has 0 radical (unpaired) electrons. The van der Waals surface area contributed by atoms with Gasteiger partial charge in [0.1, 0.15) is 0 Å². The Labute approximate surface area is 165 Å². The van der Waals surface area contributed by atoms with Crippen LogP contribution in [0.1, 0.15) is 43.0 Å². The maximum absolute atomic E-state index is 13.3. The van der Waals surface area contributed by atoms with Crippen LogP contribution in [-0.4, -0.2) is 26.7 Å². The van der Waals surface area contributed by atoms with E-state index in [0.717, 1.165) is 34.0 Å². The molecule has 5 nitrogen and oxygen atoms in total. The summed E-state index contributed by atoms with van der Waals surface area (Å²) in [5, 5.41) is 8.45. The minimum absolute atomic E-state index is 0.000913. The molecule has 2 aliphatic carbocycles. The van der Waals surface area contributed by atoms with Gasteiger partial charge >= 0.3 is 0 Å². The van der Waals surface area contributed by atoms with E-state index in [-0.39, 0.29) is 11.9 Å². The molecule has 1 amide bonds. The Kier molecular flexibility index (Phi) is 4.18. The number of aromatic nitrogens is 3. The zero-order valence-corrected chi connectivity index (χ0v) is 16.4. The van der Waals surface area contributed by atoms with Crippen molar-refractivity contribution in [1.29, 1.82) is 0 Å². The topological polar surface area (TPSA) is 59.8 Å². The Morgan fingerprint density at radius 2 is 2.11 bits per heavy atom. The SMILES string of the molecule is CC(NC(=O)c1cc(-c2cnn(C)c2)nc2ccccc12)C1CC2CCC1C2. The molecule has 28 heavy (non-hydrogen) atoms. The van der Waals surface area contributed by atoms with Crippen LogP contribution in [-0.2, 0) is 7.05 Å². The second-order valence-electron chi connectivity index (χ2n) is 8.58. The fourth-order valence-electron chi connectivity index (χ4n) is 5.36. The molecule has 2 aromatic heterocycles. The third kappa shape index (κ3) is 2.99. The van der Waals surface area contributed by atoms with Gasteiger partial charge < -0.3 is 5.32 Å². The van der Waals surface area contributed by atoms with Gasteiger partial charge in [-0.1, -0.05) is 24.6 Å². The van der Waals surface area contributed by atoms with Gasteiger partial charge in [0, 0.05) is 30.2 Å². The number of nitrogens with one attached hydrogen (secondary N) is 1. The molecule has 4 unspecified atom stereocenters. The molecule has 0 spiro atoms. The predicted octanol–water partition coefficient (Wildman–Crippen LogP) is 4.19. The summed E-state index contributed by atoms with van der Waals surface area (Å²) in [7, 11) is 1.88. The molecule has 2 saturated carbocycles. The number of amides is 1. The number of hydrogen-bond acceptors (Lipinski definition) is 3. The van der Waals surface area contributed by atoms with E-state index in [4.69, 9.17) is 4.98 Å². The number of benzene rings is 1. The highest BCUT2D eigenvalue weighted by atomic mass is 16.1. The van der Waals surface area contributed by atoms with Crippen molar-refractivity contribution in [1.82, 2.24) is 20.1 Å². The van der Waals surface area contributed by atoms with E-state index in [1.165, 1.54) is 25.7 Å². The van der Waals surface area contributed by atoms with Gasteiger partial charge in [-0.15, -0.1) is 0 Å². The fraction of sp³-hybridized carbons (Fsp3) is 0.435. The number of para-hydroxylation sites is 1. The summed E-state index contributed by atoms with van der Waals surface area (Å²) in [4.78, 5) is 18.0. The average Bonchev–Trinajstić information content (AvgIpc) is 3.44. The van der Waals surface area contributed by atoms with Crippen LogP contribution in [0.5, 0.6) is 0 Å². The predicted molar refractivity (Wildman–Crippen MR) is 110 cm³/mol. The summed E-state index contributed by atoms with van der Waals surface area (Å²) in [6.07, 6.45) is 9.05. The second-order valence-corrected chi connectivity index (χ2v) is 8.58. The number of hydrogen-bond donors (Lipinski definition) is 1. The van der Waals surface area contributed by atoms with E-state index in [1.807, 2.05) is 43.6 Å². The number of rotatable bonds is 4. The highest BCUT2D eigenvalue weighted by molar-refractivity contribution is 6.07. The Bertz CT molecular complexity index is 1040. The first-order valence-electron chi connectivity index (χ1n) is 10.3. The summed E-state index contributed by atoms with van der Waals surface area (Å²) >= 11 is 0. The summed E-state index contributed by atoms with van der Waals surface area (Å²) < 4.78 is 1.75. The molecule has 2 fully saturated rings. The van der Waals surface area contributed by atoms with Crippen molar-refractivity contribution in [2.75, 3.05) is 0 Å². The van der Waals surface area contributed by atoms with Gasteiger partial charge in [0.25, 0.3) is 5.91 Å². The van der Waals surface area contributed by atoms with Gasteiger partial charge in [-0.25, -0.2) is 4.98 Å². The number of nitrogens with zero attached hydrogens (tertiary/aromatic N) is 3. The van der Waals surface area contributed by atoms with E-state index in [1.54, 1.807) is 10.9 Å². The third-order valence-corrected chi connectivity index (χ3v) is 6.76. The Morgan fingerprint density at radius 1 is 1.25 bits per heavy atom. The molecule has 1 aromatic carbocycles. The van der Waals surface area contributed by atoms with E-state index >= 15 is 0 Å². The van der Waals surface area contributed by atoms with Crippen LogP contribution in [0.3, 0.4) is 0 Å². The van der Waals surface area contributed by atoms with Gasteiger partial charge in [-0.3, -0.25) is 9.48 Å². The van der Waals surface area contributed by atoms with E-state index < -0.39 is 0 Å². The third-order valence-electron chi connectivity index (χ3n) is 6.76. The lowest BCUT2D eigenvalue weighted by Crippen LogP contribution is -2.40. The Hall–Kier alpha value is -2.69. The number of carbonyl (C=O) groups is 1. The Morgan fingerprint density at radius 3 is 2.82 bits per heavy atom. The lowest BCUT2D eigenvalue weighted by atomic mass is 9.84. The molecular weight excluding hydrogens is 348 g/mol. The summed E-state index contributed by atoms with van der Waals surface area (Å²) in [6.45, 7) is 2.18. The largest absolute Gasteiger partial charge is 0.349 e. The van der Waals surface area contributed by atoms with Crippen LogP contribution < -0.4 is 5.32 Å². The smallest absolute Gasteiger partial charge is 0.252 e. The van der Waals surface area contributed by atoms with Gasteiger partial charge in [0.05, 0.1) is 23.0 Å². The van der Waals surface area contributed by atoms with Crippen molar-refractivity contribution in [3.05, 3.63) is 48.3 Å². The van der Waals surface area contributed by atoms with Crippen LogP contribution >= 0.6 is 0 Å². The van der Waals surface area contributed by atoms with Gasteiger partial charge in [-0.2, -0.15) is 5.10 Å². The first kappa shape index (κ1) is 17.4. The molecule has 2 heterocycles. The molecule has 0 aliphatic heterocycles. The van der Waals surface area contributed by atoms with Gasteiger partial charge in [0.2, 0.25) is 0 Å². The molecule has 0 saturated heterocycles. The quantitative estimate of drug-likeness (QED) is 0.745. The van der Waals surface area contributed by atoms with Crippen molar-refractivity contribution in [2.24, 2.45) is 24.8 Å². The molecule has 2 aliphatic rings. The number of pyridine rings is 1. The minimum Gasteiger partial charge on any atom is -0.349 e. The monoisotopic (exact) mass is 374 g/mol. The van der Waals surface area contributed by atoms with Crippen molar-refractivity contribution >= 4 is 16.8 Å². The molecule has 1 N–H and O–H groups in total. The van der Waals surface area contributed by atoms with Gasteiger partial charge in [-0.05, 0) is 56.1 Å². The molecule has 3 aromatic rings. The molecular formula is C23H26N4O. The number of carbonyl (C=O) groups excluding carboxylic acids is 1. The molecule has 5 heteroatoms. The highest BCUT2D eigenvalue weighted by Gasteiger charge is 2.42. The van der Waals surface area contributed by atoms with Crippen molar-refractivity contribution in [2.45, 2.75) is 38.6 Å². The number of aryl methyl sites for hydroxylation is 1. The maximum atomic E-state index is 13.3. The van der Waals surface area contributed by atoms with Crippen molar-refractivity contribution < 1.29 is 4.79 Å². The van der Waals surface area contributed by atoms with Crippen LogP contribution in [0, 0.1) is 17.8 Å². The molecule has 4 atom stereocenters. The standard InChI is InChI=1S/C23H26N4O/c1-14(19-10-15-7-8-16(19)9-15)25-23(28)20-11-22(17-12-24-27(2)13-17)26-21-6-4-3-5-18(20)21/h3-6,11-16,19H,7-10H2,1-2H3,(H,25,28). The zero-order valence-electron chi connectivity index (χ0n) is 16.4. The van der Waals surface area contributed by atoms with E-state index in [2.05, 4.69) is 17.3 Å². The Balaban J connectivity index is 1.47. The van der Waals surface area contributed by atoms with E-state index in [0.29, 0.717) is 11.5 Å². The lowest BCUT2D eigenvalue weighted by Gasteiger charge is -2.28.